The van der Waals surface area contributed by atoms with Gasteiger partial charge in [0.05, 0.1) is 19.7 Å². The van der Waals surface area contributed by atoms with E-state index in [1.807, 2.05) is 12.1 Å². The molecule has 0 radical (unpaired) electrons. The summed E-state index contributed by atoms with van der Waals surface area (Å²) in [5.74, 6) is 0.987. The fourth-order valence-corrected chi connectivity index (χ4v) is 3.12. The van der Waals surface area contributed by atoms with Crippen LogP contribution in [0.1, 0.15) is 12.5 Å². The number of carbonyl (C=O) groups excluding carboxylic acids is 1. The van der Waals surface area contributed by atoms with Crippen LogP contribution in [0.5, 0.6) is 0 Å². The Balaban J connectivity index is 1.82. The van der Waals surface area contributed by atoms with Crippen molar-refractivity contribution in [1.29, 1.82) is 0 Å². The van der Waals surface area contributed by atoms with Crippen molar-refractivity contribution in [2.24, 2.45) is 4.99 Å². The third-order valence-electron chi connectivity index (χ3n) is 4.33. The molecule has 0 atom stereocenters. The average Bonchev–Trinajstić information content (AvgIpc) is 2.67. The molecule has 0 spiro atoms. The number of hydrogen-bond acceptors (Lipinski definition) is 4. The van der Waals surface area contributed by atoms with Crippen LogP contribution in [0, 0.1) is 0 Å². The Labute approximate surface area is 170 Å². The number of benzene rings is 1. The number of aliphatic imine (C=N–C) groups is 1. The molecule has 1 aliphatic heterocycles. The van der Waals surface area contributed by atoms with Gasteiger partial charge in [0.1, 0.15) is 0 Å². The lowest BCUT2D eigenvalue weighted by atomic mass is 10.2. The van der Waals surface area contributed by atoms with Crippen molar-refractivity contribution in [1.82, 2.24) is 20.4 Å². The maximum atomic E-state index is 11.9. The van der Waals surface area contributed by atoms with Gasteiger partial charge in [0, 0.05) is 50.9 Å². The first kappa shape index (κ1) is 21.7. The number of carbonyl (C=O) groups is 1. The Kier molecular flexibility index (Phi) is 9.58. The zero-order valence-corrected chi connectivity index (χ0v) is 17.8. The van der Waals surface area contributed by atoms with Crippen LogP contribution in [0.15, 0.2) is 33.7 Å². The molecule has 8 heteroatoms. The van der Waals surface area contributed by atoms with Crippen LogP contribution in [-0.2, 0) is 16.1 Å². The van der Waals surface area contributed by atoms with Crippen molar-refractivity contribution in [3.63, 3.8) is 0 Å². The van der Waals surface area contributed by atoms with Crippen LogP contribution in [-0.4, -0.2) is 81.2 Å². The van der Waals surface area contributed by atoms with Crippen molar-refractivity contribution in [2.45, 2.75) is 13.5 Å². The predicted octanol–water partition coefficient (Wildman–Crippen LogP) is 1.29. The molecule has 2 N–H and O–H groups in total. The maximum absolute atomic E-state index is 11.9. The first-order valence-corrected chi connectivity index (χ1v) is 10.2. The highest BCUT2D eigenvalue weighted by atomic mass is 79.9. The van der Waals surface area contributed by atoms with Crippen molar-refractivity contribution >= 4 is 27.8 Å². The third kappa shape index (κ3) is 7.86. The van der Waals surface area contributed by atoms with Crippen molar-refractivity contribution in [3.05, 3.63) is 34.3 Å². The van der Waals surface area contributed by atoms with Crippen LogP contribution in [0.2, 0.25) is 0 Å². The van der Waals surface area contributed by atoms with Gasteiger partial charge in [0.2, 0.25) is 5.91 Å². The van der Waals surface area contributed by atoms with Crippen LogP contribution < -0.4 is 10.6 Å². The zero-order chi connectivity index (χ0) is 19.5. The summed E-state index contributed by atoms with van der Waals surface area (Å²) in [4.78, 5) is 21.1. The van der Waals surface area contributed by atoms with Crippen LogP contribution in [0.25, 0.3) is 0 Å². The second kappa shape index (κ2) is 11.9. The lowest BCUT2D eigenvalue weighted by Crippen LogP contribution is -2.54. The molecule has 150 valence electrons. The van der Waals surface area contributed by atoms with E-state index in [9.17, 15) is 4.79 Å². The third-order valence-corrected chi connectivity index (χ3v) is 4.86. The van der Waals surface area contributed by atoms with Crippen LogP contribution in [0.4, 0.5) is 0 Å². The molecule has 1 amide bonds. The minimum atomic E-state index is 0.0521. The number of hydrogen-bond donors (Lipinski definition) is 2. The smallest absolute Gasteiger partial charge is 0.234 e. The molecule has 1 aromatic rings. The Morgan fingerprint density at radius 3 is 2.52 bits per heavy atom. The molecular weight excluding hydrogens is 410 g/mol. The standard InChI is InChI=1S/C19H30BrN5O2/c1-3-21-19(23-14-16-4-6-17(20)7-5-16)25-11-9-24(10-12-25)15-18(26)22-8-13-27-2/h4-7H,3,8-15H2,1-2H3,(H,21,23)(H,22,26). The summed E-state index contributed by atoms with van der Waals surface area (Å²) in [6.45, 7) is 8.51. The lowest BCUT2D eigenvalue weighted by molar-refractivity contribution is -0.122. The molecule has 0 unspecified atom stereocenters. The number of amides is 1. The van der Waals surface area contributed by atoms with E-state index in [0.717, 1.165) is 43.2 Å². The van der Waals surface area contributed by atoms with Gasteiger partial charge in [-0.25, -0.2) is 4.99 Å². The topological polar surface area (TPSA) is 69.2 Å². The Bertz CT molecular complexity index is 601. The van der Waals surface area contributed by atoms with Gasteiger partial charge in [-0.2, -0.15) is 0 Å². The van der Waals surface area contributed by atoms with E-state index in [1.54, 1.807) is 7.11 Å². The molecule has 1 saturated heterocycles. The SMILES string of the molecule is CCNC(=NCc1ccc(Br)cc1)N1CCN(CC(=O)NCCOC)CC1. The van der Waals surface area contributed by atoms with Gasteiger partial charge in [-0.05, 0) is 24.6 Å². The van der Waals surface area contributed by atoms with Gasteiger partial charge in [-0.15, -0.1) is 0 Å². The molecule has 1 aromatic carbocycles. The van der Waals surface area contributed by atoms with E-state index in [-0.39, 0.29) is 5.91 Å². The van der Waals surface area contributed by atoms with Crippen molar-refractivity contribution in [2.75, 3.05) is 59.5 Å². The number of nitrogens with zero attached hydrogens (tertiary/aromatic N) is 3. The monoisotopic (exact) mass is 439 g/mol. The van der Waals surface area contributed by atoms with Gasteiger partial charge < -0.3 is 20.3 Å². The van der Waals surface area contributed by atoms with E-state index < -0.39 is 0 Å². The summed E-state index contributed by atoms with van der Waals surface area (Å²) < 4.78 is 6.02. The van der Waals surface area contributed by atoms with Gasteiger partial charge >= 0.3 is 0 Å². The van der Waals surface area contributed by atoms with E-state index >= 15 is 0 Å². The summed E-state index contributed by atoms with van der Waals surface area (Å²) in [6, 6.07) is 8.23. The Morgan fingerprint density at radius 1 is 1.19 bits per heavy atom. The van der Waals surface area contributed by atoms with Gasteiger partial charge in [-0.3, -0.25) is 9.69 Å². The van der Waals surface area contributed by atoms with E-state index in [0.29, 0.717) is 26.2 Å². The molecule has 0 bridgehead atoms. The molecule has 2 rings (SSSR count). The summed E-state index contributed by atoms with van der Waals surface area (Å²) in [6.07, 6.45) is 0. The highest BCUT2D eigenvalue weighted by molar-refractivity contribution is 9.10. The fraction of sp³-hybridized carbons (Fsp3) is 0.579. The number of halogens is 1. The second-order valence-corrected chi connectivity index (χ2v) is 7.32. The maximum Gasteiger partial charge on any atom is 0.234 e. The van der Waals surface area contributed by atoms with E-state index in [2.05, 4.69) is 55.4 Å². The lowest BCUT2D eigenvalue weighted by Gasteiger charge is -2.36. The number of guanidine groups is 1. The fourth-order valence-electron chi connectivity index (χ4n) is 2.85. The Hall–Kier alpha value is -1.64. The Morgan fingerprint density at radius 2 is 1.89 bits per heavy atom. The first-order chi connectivity index (χ1) is 13.1. The normalized spacial score (nSPS) is 15.7. The second-order valence-electron chi connectivity index (χ2n) is 6.40. The van der Waals surface area contributed by atoms with Gasteiger partial charge in [-0.1, -0.05) is 28.1 Å². The van der Waals surface area contributed by atoms with Crippen LogP contribution in [0.3, 0.4) is 0 Å². The summed E-state index contributed by atoms with van der Waals surface area (Å²) >= 11 is 3.46. The number of ether oxygens (including phenoxy) is 1. The highest BCUT2D eigenvalue weighted by Crippen LogP contribution is 2.11. The van der Waals surface area contributed by atoms with Crippen molar-refractivity contribution < 1.29 is 9.53 Å². The summed E-state index contributed by atoms with van der Waals surface area (Å²) in [5, 5.41) is 6.25. The molecule has 27 heavy (non-hydrogen) atoms. The van der Waals surface area contributed by atoms with Crippen LogP contribution >= 0.6 is 15.9 Å². The molecular formula is C19H30BrN5O2. The molecule has 0 aromatic heterocycles. The van der Waals surface area contributed by atoms with E-state index in [1.165, 1.54) is 5.56 Å². The number of nitrogens with one attached hydrogen (secondary N) is 2. The average molecular weight is 440 g/mol. The number of methoxy groups -OCH3 is 1. The molecule has 7 nitrogen and oxygen atoms in total. The summed E-state index contributed by atoms with van der Waals surface area (Å²) in [7, 11) is 1.63. The van der Waals surface area contributed by atoms with E-state index in [4.69, 9.17) is 9.73 Å². The minimum Gasteiger partial charge on any atom is -0.383 e. The number of rotatable bonds is 8. The van der Waals surface area contributed by atoms with Crippen molar-refractivity contribution in [3.8, 4) is 0 Å². The molecule has 1 heterocycles. The number of piperazine rings is 1. The quantitative estimate of drug-likeness (QED) is 0.362. The summed E-state index contributed by atoms with van der Waals surface area (Å²) in [5.41, 5.74) is 1.18. The molecule has 1 aliphatic rings. The largest absolute Gasteiger partial charge is 0.383 e. The zero-order valence-electron chi connectivity index (χ0n) is 16.2. The van der Waals surface area contributed by atoms with Gasteiger partial charge in [0.15, 0.2) is 5.96 Å². The first-order valence-electron chi connectivity index (χ1n) is 9.38. The molecule has 1 fully saturated rings. The van der Waals surface area contributed by atoms with Gasteiger partial charge in [0.25, 0.3) is 0 Å². The predicted molar refractivity (Wildman–Crippen MR) is 112 cm³/mol. The molecule has 0 saturated carbocycles. The minimum absolute atomic E-state index is 0.0521. The highest BCUT2D eigenvalue weighted by Gasteiger charge is 2.21. The molecule has 0 aliphatic carbocycles.